The molecule has 0 saturated heterocycles. The van der Waals surface area contributed by atoms with Gasteiger partial charge >= 0.3 is 0 Å². The normalized spacial score (nSPS) is 9.95. The number of pyridine rings is 1. The zero-order valence-electron chi connectivity index (χ0n) is 11.0. The van der Waals surface area contributed by atoms with Gasteiger partial charge in [0.1, 0.15) is 18.4 Å². The van der Waals surface area contributed by atoms with E-state index in [4.69, 9.17) is 10.00 Å². The number of hydrogen-bond donors (Lipinski definition) is 0. The van der Waals surface area contributed by atoms with Crippen LogP contribution in [0.2, 0.25) is 0 Å². The van der Waals surface area contributed by atoms with E-state index in [-0.39, 0.29) is 23.7 Å². The Morgan fingerprint density at radius 3 is 2.95 bits per heavy atom. The lowest BCUT2D eigenvalue weighted by atomic mass is 10.2. The molecule has 106 valence electrons. The van der Waals surface area contributed by atoms with Crippen molar-refractivity contribution in [3.8, 4) is 11.8 Å². The molecule has 7 heteroatoms. The second-order valence-electron chi connectivity index (χ2n) is 4.24. The Morgan fingerprint density at radius 1 is 1.52 bits per heavy atom. The highest BCUT2D eigenvalue weighted by molar-refractivity contribution is 5.45. The summed E-state index contributed by atoms with van der Waals surface area (Å²) >= 11 is 0. The summed E-state index contributed by atoms with van der Waals surface area (Å²) in [6.07, 6.45) is 1.47. The van der Waals surface area contributed by atoms with Crippen LogP contribution in [0.15, 0.2) is 30.5 Å². The molecule has 0 aliphatic heterocycles. The molecule has 0 saturated carbocycles. The Labute approximate surface area is 119 Å². The zero-order valence-corrected chi connectivity index (χ0v) is 11.0. The van der Waals surface area contributed by atoms with Crippen LogP contribution in [-0.2, 0) is 6.61 Å². The van der Waals surface area contributed by atoms with E-state index < -0.39 is 10.7 Å². The highest BCUT2D eigenvalue weighted by atomic mass is 19.1. The van der Waals surface area contributed by atoms with Gasteiger partial charge in [-0.2, -0.15) is 5.26 Å². The van der Waals surface area contributed by atoms with E-state index >= 15 is 0 Å². The molecule has 1 aromatic carbocycles. The van der Waals surface area contributed by atoms with Gasteiger partial charge in [-0.05, 0) is 19.1 Å². The first-order valence-corrected chi connectivity index (χ1v) is 5.94. The van der Waals surface area contributed by atoms with E-state index in [0.29, 0.717) is 11.1 Å². The Hall–Kier alpha value is -3.01. The van der Waals surface area contributed by atoms with Crippen LogP contribution in [-0.4, -0.2) is 9.91 Å². The maximum atomic E-state index is 13.8. The second-order valence-corrected chi connectivity index (χ2v) is 4.24. The third kappa shape index (κ3) is 3.12. The van der Waals surface area contributed by atoms with E-state index in [2.05, 4.69) is 4.98 Å². The lowest BCUT2D eigenvalue weighted by Gasteiger charge is -2.09. The van der Waals surface area contributed by atoms with Crippen molar-refractivity contribution in [3.63, 3.8) is 0 Å². The van der Waals surface area contributed by atoms with Gasteiger partial charge in [0.05, 0.1) is 11.0 Å². The van der Waals surface area contributed by atoms with Crippen molar-refractivity contribution in [1.82, 2.24) is 4.98 Å². The molecule has 0 bridgehead atoms. The molecule has 0 fully saturated rings. The minimum absolute atomic E-state index is 0.0507. The first-order valence-electron chi connectivity index (χ1n) is 5.94. The van der Waals surface area contributed by atoms with Gasteiger partial charge in [0.2, 0.25) is 0 Å². The third-order valence-corrected chi connectivity index (χ3v) is 2.83. The quantitative estimate of drug-likeness (QED) is 0.637. The molecular formula is C14H10FN3O3. The second kappa shape index (κ2) is 5.96. The molecule has 0 N–H and O–H groups in total. The molecule has 0 unspecified atom stereocenters. The Bertz CT molecular complexity index is 741. The number of aryl methyl sites for hydroxylation is 1. The summed E-state index contributed by atoms with van der Waals surface area (Å²) in [5.41, 5.74) is 0.689. The number of ether oxygens (including phenoxy) is 1. The first kappa shape index (κ1) is 14.4. The number of halogens is 1. The molecule has 6 nitrogen and oxygen atoms in total. The van der Waals surface area contributed by atoms with Gasteiger partial charge in [-0.25, -0.2) is 9.37 Å². The molecule has 0 aliphatic rings. The number of benzene rings is 1. The maximum Gasteiger partial charge on any atom is 0.275 e. The van der Waals surface area contributed by atoms with E-state index in [0.717, 1.165) is 6.07 Å². The molecule has 0 spiro atoms. The summed E-state index contributed by atoms with van der Waals surface area (Å²) in [5, 5.41) is 19.6. The van der Waals surface area contributed by atoms with Crippen LogP contribution in [0.25, 0.3) is 0 Å². The van der Waals surface area contributed by atoms with E-state index in [1.165, 1.54) is 19.2 Å². The predicted octanol–water partition coefficient (Wildman–Crippen LogP) is 2.89. The summed E-state index contributed by atoms with van der Waals surface area (Å²) in [7, 11) is 0. The topological polar surface area (TPSA) is 89.0 Å². The van der Waals surface area contributed by atoms with Crippen LogP contribution < -0.4 is 4.74 Å². The van der Waals surface area contributed by atoms with Crippen molar-refractivity contribution >= 4 is 5.69 Å². The number of aromatic nitrogens is 1. The SMILES string of the molecule is Cc1cc(OCc2cccnc2C#N)c(F)cc1[N+](=O)[O-]. The molecule has 0 aliphatic carbocycles. The fraction of sp³-hybridized carbons (Fsp3) is 0.143. The van der Waals surface area contributed by atoms with Gasteiger partial charge in [0.15, 0.2) is 11.6 Å². The lowest BCUT2D eigenvalue weighted by molar-refractivity contribution is -0.385. The Kier molecular flexibility index (Phi) is 4.09. The zero-order chi connectivity index (χ0) is 15.4. The molecule has 1 heterocycles. The van der Waals surface area contributed by atoms with Crippen LogP contribution in [0, 0.1) is 34.2 Å². The fourth-order valence-electron chi connectivity index (χ4n) is 1.76. The summed E-state index contributed by atoms with van der Waals surface area (Å²) < 4.78 is 19.1. The number of nitro benzene ring substituents is 1. The monoisotopic (exact) mass is 287 g/mol. The van der Waals surface area contributed by atoms with Gasteiger partial charge in [-0.15, -0.1) is 0 Å². The van der Waals surface area contributed by atoms with Crippen molar-refractivity contribution in [2.24, 2.45) is 0 Å². The summed E-state index contributed by atoms with van der Waals surface area (Å²) in [6.45, 7) is 1.44. The van der Waals surface area contributed by atoms with Gasteiger partial charge in [0.25, 0.3) is 5.69 Å². The van der Waals surface area contributed by atoms with Crippen molar-refractivity contribution in [2.75, 3.05) is 0 Å². The standard InChI is InChI=1S/C14H10FN3O3/c1-9-5-14(11(15)6-13(9)18(19)20)21-8-10-3-2-4-17-12(10)7-16/h2-6H,8H2,1H3. The van der Waals surface area contributed by atoms with E-state index in [1.54, 1.807) is 12.1 Å². The van der Waals surface area contributed by atoms with Crippen molar-refractivity contribution in [1.29, 1.82) is 5.26 Å². The van der Waals surface area contributed by atoms with Gasteiger partial charge in [0, 0.05) is 17.3 Å². The molecule has 0 atom stereocenters. The number of hydrogen-bond acceptors (Lipinski definition) is 5. The van der Waals surface area contributed by atoms with Crippen LogP contribution in [0.3, 0.4) is 0 Å². The Morgan fingerprint density at radius 2 is 2.29 bits per heavy atom. The summed E-state index contributed by atoms with van der Waals surface area (Å²) in [5.74, 6) is -0.930. The van der Waals surface area contributed by atoms with Crippen LogP contribution in [0.5, 0.6) is 5.75 Å². The average molecular weight is 287 g/mol. The molecule has 0 radical (unpaired) electrons. The maximum absolute atomic E-state index is 13.8. The molecular weight excluding hydrogens is 277 g/mol. The third-order valence-electron chi connectivity index (χ3n) is 2.83. The summed E-state index contributed by atoms with van der Waals surface area (Å²) in [4.78, 5) is 13.9. The van der Waals surface area contributed by atoms with Gasteiger partial charge in [-0.3, -0.25) is 10.1 Å². The number of nitriles is 1. The van der Waals surface area contributed by atoms with Crippen molar-refractivity contribution < 1.29 is 14.1 Å². The van der Waals surface area contributed by atoms with Gasteiger partial charge in [-0.1, -0.05) is 6.07 Å². The lowest BCUT2D eigenvalue weighted by Crippen LogP contribution is -2.02. The highest BCUT2D eigenvalue weighted by Crippen LogP contribution is 2.27. The largest absolute Gasteiger partial charge is 0.486 e. The van der Waals surface area contributed by atoms with E-state index in [1.807, 2.05) is 6.07 Å². The number of nitro groups is 1. The van der Waals surface area contributed by atoms with Gasteiger partial charge < -0.3 is 4.74 Å². The molecule has 0 amide bonds. The molecule has 1 aromatic heterocycles. The van der Waals surface area contributed by atoms with Crippen LogP contribution >= 0.6 is 0 Å². The Balaban J connectivity index is 2.23. The number of rotatable bonds is 4. The molecule has 2 rings (SSSR count). The van der Waals surface area contributed by atoms with Crippen molar-refractivity contribution in [2.45, 2.75) is 13.5 Å². The molecule has 21 heavy (non-hydrogen) atoms. The molecule has 2 aromatic rings. The minimum Gasteiger partial charge on any atom is -0.486 e. The smallest absolute Gasteiger partial charge is 0.275 e. The van der Waals surface area contributed by atoms with Crippen LogP contribution in [0.1, 0.15) is 16.8 Å². The van der Waals surface area contributed by atoms with E-state index in [9.17, 15) is 14.5 Å². The first-order chi connectivity index (χ1) is 10.0. The minimum atomic E-state index is -0.824. The highest BCUT2D eigenvalue weighted by Gasteiger charge is 2.16. The fourth-order valence-corrected chi connectivity index (χ4v) is 1.76. The number of nitrogens with zero attached hydrogens (tertiary/aromatic N) is 3. The predicted molar refractivity (Wildman–Crippen MR) is 71.1 cm³/mol. The average Bonchev–Trinajstić information content (AvgIpc) is 2.47. The summed E-state index contributed by atoms with van der Waals surface area (Å²) in [6, 6.07) is 7.26. The van der Waals surface area contributed by atoms with Crippen molar-refractivity contribution in [3.05, 3.63) is 63.2 Å². The van der Waals surface area contributed by atoms with Crippen LogP contribution in [0.4, 0.5) is 10.1 Å².